The van der Waals surface area contributed by atoms with Crippen LogP contribution >= 0.6 is 22.3 Å². The lowest BCUT2D eigenvalue weighted by Gasteiger charge is -2.22. The Morgan fingerprint density at radius 2 is 2.05 bits per heavy atom. The van der Waals surface area contributed by atoms with Crippen LogP contribution < -0.4 is 4.74 Å². The maximum absolute atomic E-state index is 12.6. The smallest absolute Gasteiger partial charge is 0.265 e. The summed E-state index contributed by atoms with van der Waals surface area (Å²) in [6.45, 7) is 2.40. The van der Waals surface area contributed by atoms with E-state index in [1.807, 2.05) is 6.92 Å². The van der Waals surface area contributed by atoms with E-state index < -0.39 is 9.05 Å². The van der Waals surface area contributed by atoms with Crippen LogP contribution in [0.3, 0.4) is 0 Å². The molecule has 21 heavy (non-hydrogen) atoms. The van der Waals surface area contributed by atoms with Gasteiger partial charge in [-0.1, -0.05) is 11.6 Å². The normalized spacial score (nSPS) is 14.9. The molecular formula is C13H15Cl2NO4S. The highest BCUT2D eigenvalue weighted by atomic mass is 35.7. The standard InChI is InChI=1S/C13H15Cl2NO4S/c1-3-16(9-4-5-9)13(17)10-6-8(14)7-11(12(10)20-2)21(15,18)19/h6-7,9H,3-5H2,1-2H3. The number of methoxy groups -OCH3 is 1. The van der Waals surface area contributed by atoms with Crippen molar-refractivity contribution in [3.63, 3.8) is 0 Å². The number of carbonyl (C=O) groups is 1. The Bertz CT molecular complexity index is 671. The molecule has 0 bridgehead atoms. The van der Waals surface area contributed by atoms with Crippen LogP contribution in [-0.2, 0) is 9.05 Å². The number of halogens is 2. The third kappa shape index (κ3) is 3.44. The zero-order valence-corrected chi connectivity index (χ0v) is 13.9. The summed E-state index contributed by atoms with van der Waals surface area (Å²) in [5.74, 6) is -0.376. The first-order valence-electron chi connectivity index (χ1n) is 6.42. The Kier molecular flexibility index (Phi) is 4.70. The van der Waals surface area contributed by atoms with Crippen LogP contribution in [0.15, 0.2) is 17.0 Å². The Labute approximate surface area is 133 Å². The Morgan fingerprint density at radius 3 is 2.48 bits per heavy atom. The fraction of sp³-hybridized carbons (Fsp3) is 0.462. The number of hydrogen-bond acceptors (Lipinski definition) is 4. The van der Waals surface area contributed by atoms with Gasteiger partial charge in [-0.25, -0.2) is 8.42 Å². The SMILES string of the molecule is CCN(C(=O)c1cc(Cl)cc(S(=O)(=O)Cl)c1OC)C1CC1. The van der Waals surface area contributed by atoms with Crippen molar-refractivity contribution in [3.8, 4) is 5.75 Å². The van der Waals surface area contributed by atoms with Crippen LogP contribution in [0.1, 0.15) is 30.1 Å². The molecular weight excluding hydrogens is 337 g/mol. The van der Waals surface area contributed by atoms with Gasteiger partial charge in [-0.15, -0.1) is 0 Å². The van der Waals surface area contributed by atoms with Gasteiger partial charge in [0.1, 0.15) is 4.90 Å². The van der Waals surface area contributed by atoms with E-state index in [0.717, 1.165) is 12.8 Å². The zero-order chi connectivity index (χ0) is 15.8. The molecule has 1 aromatic carbocycles. The molecule has 0 N–H and O–H groups in total. The van der Waals surface area contributed by atoms with Gasteiger partial charge in [0.15, 0.2) is 5.75 Å². The number of rotatable bonds is 5. The fourth-order valence-corrected chi connectivity index (χ4v) is 3.54. The third-order valence-electron chi connectivity index (χ3n) is 3.31. The topological polar surface area (TPSA) is 63.7 Å². The van der Waals surface area contributed by atoms with Crippen LogP contribution in [0.4, 0.5) is 0 Å². The van der Waals surface area contributed by atoms with E-state index in [0.29, 0.717) is 6.54 Å². The van der Waals surface area contributed by atoms with E-state index in [-0.39, 0.29) is 33.2 Å². The molecule has 0 saturated heterocycles. The van der Waals surface area contributed by atoms with E-state index in [9.17, 15) is 13.2 Å². The molecule has 0 heterocycles. The van der Waals surface area contributed by atoms with Gasteiger partial charge in [0.2, 0.25) is 0 Å². The van der Waals surface area contributed by atoms with E-state index in [2.05, 4.69) is 0 Å². The van der Waals surface area contributed by atoms with Gasteiger partial charge in [0, 0.05) is 28.3 Å². The van der Waals surface area contributed by atoms with Gasteiger partial charge in [0.05, 0.1) is 12.7 Å². The first-order valence-corrected chi connectivity index (χ1v) is 9.11. The third-order valence-corrected chi connectivity index (χ3v) is 4.85. The van der Waals surface area contributed by atoms with Gasteiger partial charge >= 0.3 is 0 Å². The quantitative estimate of drug-likeness (QED) is 0.765. The average molecular weight is 352 g/mol. The van der Waals surface area contributed by atoms with E-state index >= 15 is 0 Å². The summed E-state index contributed by atoms with van der Waals surface area (Å²) >= 11 is 5.92. The van der Waals surface area contributed by atoms with Crippen molar-refractivity contribution in [2.24, 2.45) is 0 Å². The monoisotopic (exact) mass is 351 g/mol. The molecule has 0 atom stereocenters. The van der Waals surface area contributed by atoms with Crippen molar-refractivity contribution in [3.05, 3.63) is 22.7 Å². The number of carbonyl (C=O) groups excluding carboxylic acids is 1. The van der Waals surface area contributed by atoms with Gasteiger partial charge in [-0.3, -0.25) is 4.79 Å². The lowest BCUT2D eigenvalue weighted by Crippen LogP contribution is -2.33. The molecule has 116 valence electrons. The molecule has 0 unspecified atom stereocenters. The Morgan fingerprint density at radius 1 is 1.43 bits per heavy atom. The predicted molar refractivity (Wildman–Crippen MR) is 80.8 cm³/mol. The van der Waals surface area contributed by atoms with Crippen molar-refractivity contribution < 1.29 is 17.9 Å². The minimum Gasteiger partial charge on any atom is -0.494 e. The second-order valence-electron chi connectivity index (χ2n) is 4.74. The maximum atomic E-state index is 12.6. The van der Waals surface area contributed by atoms with E-state index in [1.165, 1.54) is 19.2 Å². The van der Waals surface area contributed by atoms with E-state index in [1.54, 1.807) is 4.90 Å². The number of hydrogen-bond donors (Lipinski definition) is 0. The summed E-state index contributed by atoms with van der Waals surface area (Å²) in [6.07, 6.45) is 1.90. The molecule has 5 nitrogen and oxygen atoms in total. The second-order valence-corrected chi connectivity index (χ2v) is 7.72. The van der Waals surface area contributed by atoms with Crippen LogP contribution in [0.2, 0.25) is 5.02 Å². The minimum atomic E-state index is -4.07. The lowest BCUT2D eigenvalue weighted by molar-refractivity contribution is 0.0748. The molecule has 1 aromatic rings. The van der Waals surface area contributed by atoms with Crippen LogP contribution in [0.5, 0.6) is 5.75 Å². The van der Waals surface area contributed by atoms with Gasteiger partial charge in [-0.2, -0.15) is 0 Å². The molecule has 1 fully saturated rings. The predicted octanol–water partition coefficient (Wildman–Crippen LogP) is 2.90. The highest BCUT2D eigenvalue weighted by Gasteiger charge is 2.34. The fourth-order valence-electron chi connectivity index (χ4n) is 2.23. The first kappa shape index (κ1) is 16.4. The van der Waals surface area contributed by atoms with Crippen molar-refractivity contribution in [1.29, 1.82) is 0 Å². The summed E-state index contributed by atoms with van der Waals surface area (Å²) in [4.78, 5) is 14.0. The summed E-state index contributed by atoms with van der Waals surface area (Å²) in [7, 11) is 2.61. The van der Waals surface area contributed by atoms with Gasteiger partial charge in [0.25, 0.3) is 15.0 Å². The molecule has 0 spiro atoms. The van der Waals surface area contributed by atoms with Gasteiger partial charge < -0.3 is 9.64 Å². The molecule has 0 aromatic heterocycles. The lowest BCUT2D eigenvalue weighted by atomic mass is 10.1. The molecule has 1 aliphatic rings. The second kappa shape index (κ2) is 6.02. The summed E-state index contributed by atoms with van der Waals surface area (Å²) in [5.41, 5.74) is 0.109. The number of amides is 1. The number of ether oxygens (including phenoxy) is 1. The van der Waals surface area contributed by atoms with E-state index in [4.69, 9.17) is 27.0 Å². The van der Waals surface area contributed by atoms with Crippen molar-refractivity contribution in [1.82, 2.24) is 4.90 Å². The van der Waals surface area contributed by atoms with Crippen LogP contribution in [0, 0.1) is 0 Å². The van der Waals surface area contributed by atoms with Crippen molar-refractivity contribution >= 4 is 37.2 Å². The Balaban J connectivity index is 2.57. The largest absolute Gasteiger partial charge is 0.494 e. The minimum absolute atomic E-state index is 0.0708. The van der Waals surface area contributed by atoms with Crippen molar-refractivity contribution in [2.75, 3.05) is 13.7 Å². The molecule has 8 heteroatoms. The van der Waals surface area contributed by atoms with Crippen molar-refractivity contribution in [2.45, 2.75) is 30.7 Å². The summed E-state index contributed by atoms with van der Waals surface area (Å²) in [6, 6.07) is 2.77. The maximum Gasteiger partial charge on any atom is 0.265 e. The molecule has 0 radical (unpaired) electrons. The summed E-state index contributed by atoms with van der Waals surface area (Å²) < 4.78 is 28.4. The highest BCUT2D eigenvalue weighted by Crippen LogP contribution is 2.36. The molecule has 1 aliphatic carbocycles. The molecule has 1 saturated carbocycles. The Hall–Kier alpha value is -0.980. The molecule has 2 rings (SSSR count). The van der Waals surface area contributed by atoms with Gasteiger partial charge in [-0.05, 0) is 31.9 Å². The molecule has 0 aliphatic heterocycles. The zero-order valence-electron chi connectivity index (χ0n) is 11.6. The first-order chi connectivity index (χ1) is 9.79. The average Bonchev–Trinajstić information content (AvgIpc) is 3.22. The van der Waals surface area contributed by atoms with Crippen LogP contribution in [-0.4, -0.2) is 38.9 Å². The number of nitrogens with zero attached hydrogens (tertiary/aromatic N) is 1. The highest BCUT2D eigenvalue weighted by molar-refractivity contribution is 8.13. The summed E-state index contributed by atoms with van der Waals surface area (Å²) in [5, 5.41) is 0.116. The van der Waals surface area contributed by atoms with Crippen LogP contribution in [0.25, 0.3) is 0 Å². The number of benzene rings is 1. The molecule has 1 amide bonds.